The lowest BCUT2D eigenvalue weighted by Gasteiger charge is -2.32. The Balaban J connectivity index is 1.44. The number of hydrogen-bond donors (Lipinski definition) is 2. The van der Waals surface area contributed by atoms with Crippen LogP contribution >= 0.6 is 11.3 Å². The zero-order valence-electron chi connectivity index (χ0n) is 13.3. The van der Waals surface area contributed by atoms with Gasteiger partial charge >= 0.3 is 0 Å². The van der Waals surface area contributed by atoms with Crippen LogP contribution in [0.2, 0.25) is 0 Å². The third kappa shape index (κ3) is 3.43. The molecule has 8 nitrogen and oxygen atoms in total. The van der Waals surface area contributed by atoms with Gasteiger partial charge in [0.2, 0.25) is 0 Å². The number of fused-ring (bicyclic) bond motifs is 1. The first kappa shape index (κ1) is 15.9. The summed E-state index contributed by atoms with van der Waals surface area (Å²) >= 11 is 1.37. The highest BCUT2D eigenvalue weighted by Crippen LogP contribution is 2.24. The number of nitrogens with zero attached hydrogens (tertiary/aromatic N) is 4. The summed E-state index contributed by atoms with van der Waals surface area (Å²) < 4.78 is 6.67. The standard InChI is InChI=1S/C16H16N6O2S/c17-15-2-1-10(6-19-15)12-8-22(3-4-24-12)21-16(23)13-5-11-14(25-13)7-18-9-20-11/h1-2,5-7,9,12H,3-4,8H2,(H2,17,19)(H,21,23). The molecule has 4 rings (SSSR count). The summed E-state index contributed by atoms with van der Waals surface area (Å²) in [5.41, 5.74) is 10.3. The average Bonchev–Trinajstić information content (AvgIpc) is 3.07. The van der Waals surface area contributed by atoms with Crippen molar-refractivity contribution in [3.8, 4) is 0 Å². The van der Waals surface area contributed by atoms with Crippen molar-refractivity contribution < 1.29 is 9.53 Å². The van der Waals surface area contributed by atoms with Crippen LogP contribution in [0.1, 0.15) is 21.3 Å². The number of ether oxygens (including phenoxy) is 1. The van der Waals surface area contributed by atoms with Gasteiger partial charge in [-0.25, -0.2) is 20.0 Å². The molecule has 1 fully saturated rings. The molecule has 4 heterocycles. The van der Waals surface area contributed by atoms with Gasteiger partial charge in [-0.3, -0.25) is 10.2 Å². The fourth-order valence-corrected chi connectivity index (χ4v) is 3.53. The zero-order valence-corrected chi connectivity index (χ0v) is 14.1. The maximum Gasteiger partial charge on any atom is 0.275 e. The molecule has 1 aliphatic heterocycles. The largest absolute Gasteiger partial charge is 0.384 e. The van der Waals surface area contributed by atoms with Crippen LogP contribution in [-0.2, 0) is 4.74 Å². The summed E-state index contributed by atoms with van der Waals surface area (Å²) in [6.45, 7) is 1.69. The molecule has 1 atom stereocenters. The number of nitrogens with two attached hydrogens (primary N) is 1. The number of hydrazine groups is 1. The third-order valence-electron chi connectivity index (χ3n) is 3.93. The Hall–Kier alpha value is -2.62. The minimum Gasteiger partial charge on any atom is -0.384 e. The second-order valence-electron chi connectivity index (χ2n) is 5.65. The summed E-state index contributed by atoms with van der Waals surface area (Å²) in [7, 11) is 0. The van der Waals surface area contributed by atoms with Crippen molar-refractivity contribution in [2.75, 3.05) is 25.4 Å². The molecule has 9 heteroatoms. The molecule has 128 valence electrons. The number of carbonyl (C=O) groups is 1. The number of hydrogen-bond acceptors (Lipinski definition) is 8. The Bertz CT molecular complexity index is 864. The Morgan fingerprint density at radius 3 is 3.08 bits per heavy atom. The number of rotatable bonds is 3. The van der Waals surface area contributed by atoms with Crippen LogP contribution in [0.4, 0.5) is 5.82 Å². The van der Waals surface area contributed by atoms with E-state index in [9.17, 15) is 4.79 Å². The highest BCUT2D eigenvalue weighted by Gasteiger charge is 2.24. The van der Waals surface area contributed by atoms with Gasteiger partial charge in [-0.1, -0.05) is 6.07 Å². The molecule has 0 aromatic carbocycles. The minimum absolute atomic E-state index is 0.154. The molecule has 0 bridgehead atoms. The first-order valence-electron chi connectivity index (χ1n) is 7.77. The van der Waals surface area contributed by atoms with Crippen molar-refractivity contribution in [2.24, 2.45) is 0 Å². The second kappa shape index (κ2) is 6.71. The summed E-state index contributed by atoms with van der Waals surface area (Å²) in [4.78, 5) is 25.3. The van der Waals surface area contributed by atoms with Gasteiger partial charge in [0.15, 0.2) is 0 Å². The maximum absolute atomic E-state index is 12.5. The number of aromatic nitrogens is 3. The van der Waals surface area contributed by atoms with E-state index in [2.05, 4.69) is 20.4 Å². The quantitative estimate of drug-likeness (QED) is 0.730. The highest BCUT2D eigenvalue weighted by atomic mass is 32.1. The minimum atomic E-state index is -0.157. The van der Waals surface area contributed by atoms with Crippen LogP contribution in [0.5, 0.6) is 0 Å². The topological polar surface area (TPSA) is 106 Å². The average molecular weight is 356 g/mol. The van der Waals surface area contributed by atoms with E-state index >= 15 is 0 Å². The van der Waals surface area contributed by atoms with E-state index in [1.165, 1.54) is 17.7 Å². The van der Waals surface area contributed by atoms with Gasteiger partial charge in [-0.05, 0) is 12.1 Å². The number of carbonyl (C=O) groups excluding carboxylic acids is 1. The molecule has 0 radical (unpaired) electrons. The SMILES string of the molecule is Nc1ccc(C2CN(NC(=O)c3cc4ncncc4s3)CCO2)cn1. The second-order valence-corrected chi connectivity index (χ2v) is 6.73. The third-order valence-corrected chi connectivity index (χ3v) is 4.98. The predicted molar refractivity (Wildman–Crippen MR) is 93.8 cm³/mol. The molecule has 3 N–H and O–H groups in total. The summed E-state index contributed by atoms with van der Waals surface area (Å²) in [5.74, 6) is 0.316. The number of anilines is 1. The Labute approximate surface area is 147 Å². The van der Waals surface area contributed by atoms with Crippen LogP contribution in [0.3, 0.4) is 0 Å². The summed E-state index contributed by atoms with van der Waals surface area (Å²) in [6, 6.07) is 5.41. The van der Waals surface area contributed by atoms with Crippen LogP contribution in [0.25, 0.3) is 10.2 Å². The normalized spacial score (nSPS) is 18.3. The van der Waals surface area contributed by atoms with E-state index in [1.54, 1.807) is 24.5 Å². The molecule has 3 aromatic rings. The van der Waals surface area contributed by atoms with Crippen LogP contribution in [-0.4, -0.2) is 45.6 Å². The van der Waals surface area contributed by atoms with Crippen molar-refractivity contribution >= 4 is 33.3 Å². The van der Waals surface area contributed by atoms with E-state index < -0.39 is 0 Å². The molecule has 3 aromatic heterocycles. The molecule has 1 unspecified atom stereocenters. The van der Waals surface area contributed by atoms with Gasteiger partial charge < -0.3 is 10.5 Å². The smallest absolute Gasteiger partial charge is 0.275 e. The van der Waals surface area contributed by atoms with Crippen LogP contribution in [0, 0.1) is 0 Å². The van der Waals surface area contributed by atoms with E-state index in [1.807, 2.05) is 11.1 Å². The molecular formula is C16H16N6O2S. The Kier molecular flexibility index (Phi) is 4.26. The zero-order chi connectivity index (χ0) is 17.2. The highest BCUT2D eigenvalue weighted by molar-refractivity contribution is 7.20. The molecular weight excluding hydrogens is 340 g/mol. The molecule has 1 aliphatic rings. The first-order chi connectivity index (χ1) is 12.2. The number of thiophene rings is 1. The molecule has 1 saturated heterocycles. The van der Waals surface area contributed by atoms with Gasteiger partial charge in [-0.15, -0.1) is 11.3 Å². The van der Waals surface area contributed by atoms with Crippen LogP contribution in [0.15, 0.2) is 36.9 Å². The molecule has 0 aliphatic carbocycles. The van der Waals surface area contributed by atoms with Crippen molar-refractivity contribution in [1.82, 2.24) is 25.4 Å². The lowest BCUT2D eigenvalue weighted by atomic mass is 10.1. The first-order valence-corrected chi connectivity index (χ1v) is 8.59. The molecule has 25 heavy (non-hydrogen) atoms. The van der Waals surface area contributed by atoms with Crippen LogP contribution < -0.4 is 11.2 Å². The number of amides is 1. The van der Waals surface area contributed by atoms with E-state index in [0.29, 0.717) is 30.4 Å². The fraction of sp³-hybridized carbons (Fsp3) is 0.250. The van der Waals surface area contributed by atoms with Gasteiger partial charge in [0.25, 0.3) is 5.91 Å². The number of nitrogen functional groups attached to an aromatic ring is 1. The van der Waals surface area contributed by atoms with E-state index in [0.717, 1.165) is 15.8 Å². The predicted octanol–water partition coefficient (Wildman–Crippen LogP) is 1.39. The summed E-state index contributed by atoms with van der Waals surface area (Å²) in [6.07, 6.45) is 4.73. The van der Waals surface area contributed by atoms with Crippen molar-refractivity contribution in [2.45, 2.75) is 6.10 Å². The lowest BCUT2D eigenvalue weighted by molar-refractivity contribution is -0.0450. The fourth-order valence-electron chi connectivity index (χ4n) is 2.66. The van der Waals surface area contributed by atoms with Gasteiger partial charge in [0.1, 0.15) is 12.1 Å². The van der Waals surface area contributed by atoms with Gasteiger partial charge in [-0.2, -0.15) is 0 Å². The molecule has 0 saturated carbocycles. The number of pyridine rings is 1. The Morgan fingerprint density at radius 2 is 2.28 bits per heavy atom. The van der Waals surface area contributed by atoms with E-state index in [4.69, 9.17) is 10.5 Å². The monoisotopic (exact) mass is 356 g/mol. The number of morpholine rings is 1. The van der Waals surface area contributed by atoms with Crippen molar-refractivity contribution in [3.05, 3.63) is 47.4 Å². The van der Waals surface area contributed by atoms with Gasteiger partial charge in [0, 0.05) is 31.0 Å². The lowest BCUT2D eigenvalue weighted by Crippen LogP contribution is -2.49. The van der Waals surface area contributed by atoms with Crippen molar-refractivity contribution in [3.63, 3.8) is 0 Å². The van der Waals surface area contributed by atoms with E-state index in [-0.39, 0.29) is 12.0 Å². The number of nitrogens with one attached hydrogen (secondary N) is 1. The molecule has 1 amide bonds. The van der Waals surface area contributed by atoms with Gasteiger partial charge in [0.05, 0.1) is 27.8 Å². The Morgan fingerprint density at radius 1 is 1.36 bits per heavy atom. The molecule has 0 spiro atoms. The van der Waals surface area contributed by atoms with Crippen molar-refractivity contribution in [1.29, 1.82) is 0 Å². The summed E-state index contributed by atoms with van der Waals surface area (Å²) in [5, 5.41) is 1.86. The maximum atomic E-state index is 12.5.